The molecule has 1 aliphatic rings. The van der Waals surface area contributed by atoms with Crippen LogP contribution in [0.2, 0.25) is 14.9 Å². The molecule has 0 N–H and O–H groups in total. The molecule has 0 amide bonds. The van der Waals surface area contributed by atoms with E-state index in [9.17, 15) is 0 Å². The van der Waals surface area contributed by atoms with Crippen molar-refractivity contribution in [2.75, 3.05) is 0 Å². The predicted molar refractivity (Wildman–Crippen MR) is 107 cm³/mol. The molecule has 3 aromatic rings. The zero-order valence-corrected chi connectivity index (χ0v) is 18.3. The van der Waals surface area contributed by atoms with Gasteiger partial charge < -0.3 is 0 Å². The molecular formula is C19H16ClN3O3Sn. The van der Waals surface area contributed by atoms with E-state index in [4.69, 9.17) is 22.3 Å². The summed E-state index contributed by atoms with van der Waals surface area (Å²) < 4.78 is 17.8. The Bertz CT molecular complexity index is 1030. The van der Waals surface area contributed by atoms with E-state index in [1.807, 2.05) is 46.3 Å². The first kappa shape index (κ1) is 18.1. The summed E-state index contributed by atoms with van der Waals surface area (Å²) in [5.74, 6) is 1.60. The van der Waals surface area contributed by atoms with Crippen molar-refractivity contribution in [3.05, 3.63) is 70.9 Å². The first-order chi connectivity index (χ1) is 13.0. The quantitative estimate of drug-likeness (QED) is 0.482. The van der Waals surface area contributed by atoms with Crippen LogP contribution in [0.15, 0.2) is 69.3 Å². The fourth-order valence-electron chi connectivity index (χ4n) is 2.61. The third-order valence-electron chi connectivity index (χ3n) is 3.80. The first-order valence-electron chi connectivity index (χ1n) is 8.31. The molecule has 4 rings (SSSR count). The summed E-state index contributed by atoms with van der Waals surface area (Å²) >= 11 is 2.63. The Labute approximate surface area is 166 Å². The van der Waals surface area contributed by atoms with Gasteiger partial charge in [-0.25, -0.2) is 0 Å². The second kappa shape index (κ2) is 7.36. The Balaban J connectivity index is 1.70. The molecule has 136 valence electrons. The molecule has 27 heavy (non-hydrogen) atoms. The number of fused-ring (bicyclic) bond motifs is 1. The van der Waals surface area contributed by atoms with Crippen molar-refractivity contribution in [1.82, 2.24) is 5.16 Å². The van der Waals surface area contributed by atoms with Gasteiger partial charge in [-0.05, 0) is 0 Å². The summed E-state index contributed by atoms with van der Waals surface area (Å²) in [6.07, 6.45) is 1.59. The van der Waals surface area contributed by atoms with Crippen LogP contribution >= 0.6 is 11.6 Å². The van der Waals surface area contributed by atoms with Crippen molar-refractivity contribution >= 4 is 42.9 Å². The van der Waals surface area contributed by atoms with Crippen LogP contribution in [0, 0.1) is 0 Å². The molecule has 2 aromatic carbocycles. The Morgan fingerprint density at radius 3 is 2.59 bits per heavy atom. The Morgan fingerprint density at radius 2 is 1.78 bits per heavy atom. The van der Waals surface area contributed by atoms with Crippen molar-refractivity contribution in [1.29, 1.82) is 0 Å². The topological polar surface area (TPSA) is 69.2 Å². The molecule has 0 aliphatic carbocycles. The van der Waals surface area contributed by atoms with Crippen LogP contribution in [0.4, 0.5) is 0 Å². The number of benzene rings is 2. The van der Waals surface area contributed by atoms with Crippen molar-refractivity contribution in [3.63, 3.8) is 0 Å². The number of hydrogen-bond acceptors (Lipinski definition) is 6. The van der Waals surface area contributed by atoms with E-state index in [0.29, 0.717) is 22.2 Å². The van der Waals surface area contributed by atoms with Gasteiger partial charge in [0.15, 0.2) is 0 Å². The monoisotopic (exact) mass is 489 g/mol. The minimum atomic E-state index is -3.45. The molecule has 0 unspecified atom stereocenters. The SMILES string of the molecule is [CH3][Sn]1([CH3])[O]/C(c2cc(-c3ccccc3)on2)=N\N=C/c2cc(Cl)ccc2[O]1. The average molecular weight is 489 g/mol. The van der Waals surface area contributed by atoms with E-state index in [-0.39, 0.29) is 5.90 Å². The molecule has 0 spiro atoms. The average Bonchev–Trinajstić information content (AvgIpc) is 3.14. The summed E-state index contributed by atoms with van der Waals surface area (Å²) in [5.41, 5.74) is 2.15. The molecule has 0 saturated heterocycles. The van der Waals surface area contributed by atoms with Gasteiger partial charge in [0.2, 0.25) is 0 Å². The van der Waals surface area contributed by atoms with Crippen LogP contribution < -0.4 is 3.07 Å². The van der Waals surface area contributed by atoms with Crippen molar-refractivity contribution in [3.8, 4) is 17.1 Å². The van der Waals surface area contributed by atoms with Crippen molar-refractivity contribution in [2.24, 2.45) is 10.2 Å². The standard InChI is InChI=1S/C17H12ClN3O3.2CH3.Sn/c18-13-6-7-15(22)12(8-13)10-19-20-17(23)14-9-16(24-21-14)11-4-2-1-3-5-11;;;/h1-10,22H,(H,20,23);2*1H3;/q;;;+2/p-2/b19-10-;;;. The van der Waals surface area contributed by atoms with Crippen LogP contribution in [0.5, 0.6) is 5.75 Å². The van der Waals surface area contributed by atoms with Gasteiger partial charge in [-0.3, -0.25) is 0 Å². The summed E-state index contributed by atoms with van der Waals surface area (Å²) in [6, 6.07) is 16.9. The Morgan fingerprint density at radius 1 is 0.963 bits per heavy atom. The fraction of sp³-hybridized carbons (Fsp3) is 0.105. The number of hydrogen-bond donors (Lipinski definition) is 0. The maximum atomic E-state index is 6.20. The minimum absolute atomic E-state index is 0.289. The number of aromatic nitrogens is 1. The van der Waals surface area contributed by atoms with Gasteiger partial charge in [0.05, 0.1) is 0 Å². The molecule has 1 aromatic heterocycles. The van der Waals surface area contributed by atoms with Crippen molar-refractivity contribution < 1.29 is 10.7 Å². The second-order valence-corrected chi connectivity index (χ2v) is 16.0. The van der Waals surface area contributed by atoms with E-state index >= 15 is 0 Å². The molecule has 8 heteroatoms. The Kier molecular flexibility index (Phi) is 4.92. The molecule has 6 nitrogen and oxygen atoms in total. The molecule has 1 aliphatic heterocycles. The first-order valence-corrected chi connectivity index (χ1v) is 16.7. The van der Waals surface area contributed by atoms with E-state index in [1.54, 1.807) is 24.4 Å². The van der Waals surface area contributed by atoms with Gasteiger partial charge in [-0.2, -0.15) is 0 Å². The van der Waals surface area contributed by atoms with Gasteiger partial charge in [0.1, 0.15) is 0 Å². The van der Waals surface area contributed by atoms with Crippen LogP contribution in [0.25, 0.3) is 11.3 Å². The molecule has 0 saturated carbocycles. The molecule has 0 radical (unpaired) electrons. The number of rotatable bonds is 2. The van der Waals surface area contributed by atoms with Crippen LogP contribution in [0.3, 0.4) is 0 Å². The molecule has 2 heterocycles. The van der Waals surface area contributed by atoms with E-state index in [2.05, 4.69) is 15.4 Å². The van der Waals surface area contributed by atoms with Gasteiger partial charge in [0, 0.05) is 0 Å². The van der Waals surface area contributed by atoms with Gasteiger partial charge in [0.25, 0.3) is 0 Å². The summed E-state index contributed by atoms with van der Waals surface area (Å²) in [6.45, 7) is 0. The maximum absolute atomic E-state index is 6.20. The molecule has 0 bridgehead atoms. The third kappa shape index (κ3) is 4.17. The third-order valence-corrected chi connectivity index (χ3v) is 8.02. The van der Waals surface area contributed by atoms with Crippen molar-refractivity contribution in [2.45, 2.75) is 9.88 Å². The summed E-state index contributed by atoms with van der Waals surface area (Å²) in [5, 5.41) is 13.0. The van der Waals surface area contributed by atoms with E-state index in [0.717, 1.165) is 11.1 Å². The molecule has 0 fully saturated rings. The second-order valence-electron chi connectivity index (χ2n) is 6.38. The summed E-state index contributed by atoms with van der Waals surface area (Å²) in [4.78, 5) is 3.98. The summed E-state index contributed by atoms with van der Waals surface area (Å²) in [7, 11) is 0. The normalized spacial score (nSPS) is 18.6. The molecule has 0 atom stereocenters. The number of nitrogens with zero attached hydrogens (tertiary/aromatic N) is 3. The molecular weight excluding hydrogens is 472 g/mol. The van der Waals surface area contributed by atoms with Crippen LogP contribution in [-0.4, -0.2) is 36.5 Å². The van der Waals surface area contributed by atoms with E-state index < -0.39 is 19.2 Å². The van der Waals surface area contributed by atoms with Gasteiger partial charge in [-0.1, -0.05) is 0 Å². The zero-order valence-electron chi connectivity index (χ0n) is 14.7. The van der Waals surface area contributed by atoms with E-state index in [1.165, 1.54) is 0 Å². The van der Waals surface area contributed by atoms with Crippen LogP contribution in [0.1, 0.15) is 11.3 Å². The van der Waals surface area contributed by atoms with Gasteiger partial charge >= 0.3 is 167 Å². The zero-order chi connectivity index (χ0) is 18.9. The van der Waals surface area contributed by atoms with Gasteiger partial charge in [-0.15, -0.1) is 0 Å². The van der Waals surface area contributed by atoms with Crippen LogP contribution in [-0.2, 0) is 3.07 Å². The number of halogens is 1. The fourth-order valence-corrected chi connectivity index (χ4v) is 6.70. The predicted octanol–water partition coefficient (Wildman–Crippen LogP) is 4.89. The Hall–Kier alpha value is -2.32.